The molecule has 0 unspecified atom stereocenters. The zero-order valence-electron chi connectivity index (χ0n) is 15.4. The topological polar surface area (TPSA) is 88.1 Å². The van der Waals surface area contributed by atoms with Crippen LogP contribution in [0.1, 0.15) is 12.5 Å². The number of nitrogens with one attached hydrogen (secondary N) is 1. The Morgan fingerprint density at radius 1 is 1.25 bits per heavy atom. The molecule has 0 saturated heterocycles. The zero-order chi connectivity index (χ0) is 20.9. The van der Waals surface area contributed by atoms with Crippen molar-refractivity contribution in [3.05, 3.63) is 56.6 Å². The van der Waals surface area contributed by atoms with Gasteiger partial charge in [0.1, 0.15) is 12.3 Å². The number of amides is 1. The lowest BCUT2D eigenvalue weighted by Gasteiger charge is -2.22. The van der Waals surface area contributed by atoms with Crippen molar-refractivity contribution in [2.45, 2.75) is 6.92 Å². The summed E-state index contributed by atoms with van der Waals surface area (Å²) in [5.41, 5.74) is 4.09. The number of methoxy groups -OCH3 is 1. The fourth-order valence-corrected chi connectivity index (χ4v) is 3.74. The summed E-state index contributed by atoms with van der Waals surface area (Å²) < 4.78 is 31.4. The number of anilines is 1. The van der Waals surface area contributed by atoms with Gasteiger partial charge in [-0.1, -0.05) is 23.7 Å². The molecule has 10 heteroatoms. The van der Waals surface area contributed by atoms with Crippen LogP contribution < -0.4 is 14.5 Å². The molecule has 0 heterocycles. The van der Waals surface area contributed by atoms with Crippen LogP contribution in [-0.2, 0) is 14.8 Å². The van der Waals surface area contributed by atoms with Crippen LogP contribution >= 0.6 is 34.2 Å². The molecular weight excluding hydrogens is 517 g/mol. The number of benzene rings is 2. The van der Waals surface area contributed by atoms with Crippen molar-refractivity contribution in [2.24, 2.45) is 5.10 Å². The summed E-state index contributed by atoms with van der Waals surface area (Å²) in [5.74, 6) is -0.178. The smallest absolute Gasteiger partial charge is 0.260 e. The largest absolute Gasteiger partial charge is 0.495 e. The number of rotatable bonds is 7. The highest BCUT2D eigenvalue weighted by Crippen LogP contribution is 2.30. The lowest BCUT2D eigenvalue weighted by atomic mass is 10.1. The van der Waals surface area contributed by atoms with Crippen molar-refractivity contribution in [1.82, 2.24) is 5.43 Å². The first kappa shape index (κ1) is 22.4. The monoisotopic (exact) mass is 535 g/mol. The quantitative estimate of drug-likeness (QED) is 0.335. The summed E-state index contributed by atoms with van der Waals surface area (Å²) >= 11 is 8.27. The number of hydrogen-bond acceptors (Lipinski definition) is 5. The zero-order valence-corrected chi connectivity index (χ0v) is 19.2. The minimum atomic E-state index is -3.72. The maximum absolute atomic E-state index is 12.3. The number of carbonyl (C=O) groups excluding carboxylic acids is 1. The number of sulfonamides is 1. The fraction of sp³-hybridized carbons (Fsp3) is 0.222. The Hall–Kier alpha value is -1.85. The van der Waals surface area contributed by atoms with Crippen LogP contribution in [0.2, 0.25) is 5.02 Å². The van der Waals surface area contributed by atoms with Gasteiger partial charge in [0, 0.05) is 3.57 Å². The number of halogens is 2. The first-order valence-corrected chi connectivity index (χ1v) is 11.3. The van der Waals surface area contributed by atoms with Crippen molar-refractivity contribution >= 4 is 61.5 Å². The second-order valence-corrected chi connectivity index (χ2v) is 9.39. The van der Waals surface area contributed by atoms with E-state index in [9.17, 15) is 13.2 Å². The summed E-state index contributed by atoms with van der Waals surface area (Å²) in [6, 6.07) is 12.1. The Balaban J connectivity index is 2.16. The average molecular weight is 536 g/mol. The van der Waals surface area contributed by atoms with Gasteiger partial charge < -0.3 is 4.74 Å². The summed E-state index contributed by atoms with van der Waals surface area (Å²) in [4.78, 5) is 12.3. The van der Waals surface area contributed by atoms with Gasteiger partial charge in [-0.25, -0.2) is 13.8 Å². The summed E-state index contributed by atoms with van der Waals surface area (Å²) in [7, 11) is -2.27. The maximum atomic E-state index is 12.3. The highest BCUT2D eigenvalue weighted by Gasteiger charge is 2.21. The van der Waals surface area contributed by atoms with E-state index in [1.807, 2.05) is 24.3 Å². The molecule has 0 aliphatic carbocycles. The third-order valence-electron chi connectivity index (χ3n) is 3.72. The highest BCUT2D eigenvalue weighted by molar-refractivity contribution is 14.1. The number of carbonyl (C=O) groups is 1. The van der Waals surface area contributed by atoms with E-state index in [1.165, 1.54) is 25.3 Å². The van der Waals surface area contributed by atoms with E-state index >= 15 is 0 Å². The van der Waals surface area contributed by atoms with Gasteiger partial charge in [0.2, 0.25) is 10.0 Å². The van der Waals surface area contributed by atoms with Gasteiger partial charge in [0.25, 0.3) is 5.91 Å². The molecule has 1 N–H and O–H groups in total. The van der Waals surface area contributed by atoms with Gasteiger partial charge in [-0.05, 0) is 65.4 Å². The lowest BCUT2D eigenvalue weighted by molar-refractivity contribution is -0.119. The Kier molecular flexibility index (Phi) is 7.67. The Morgan fingerprint density at radius 2 is 1.89 bits per heavy atom. The van der Waals surface area contributed by atoms with E-state index < -0.39 is 22.5 Å². The van der Waals surface area contributed by atoms with Gasteiger partial charge >= 0.3 is 0 Å². The number of ether oxygens (including phenoxy) is 1. The van der Waals surface area contributed by atoms with Crippen LogP contribution in [0, 0.1) is 3.57 Å². The van der Waals surface area contributed by atoms with E-state index in [0.29, 0.717) is 11.5 Å². The van der Waals surface area contributed by atoms with Crippen molar-refractivity contribution < 1.29 is 17.9 Å². The van der Waals surface area contributed by atoms with E-state index in [-0.39, 0.29) is 10.7 Å². The maximum Gasteiger partial charge on any atom is 0.260 e. The van der Waals surface area contributed by atoms with Crippen LogP contribution in [0.5, 0.6) is 5.75 Å². The molecule has 1 amide bonds. The normalized spacial score (nSPS) is 11.8. The average Bonchev–Trinajstić information content (AvgIpc) is 2.63. The van der Waals surface area contributed by atoms with Crippen LogP contribution in [0.25, 0.3) is 0 Å². The van der Waals surface area contributed by atoms with Crippen molar-refractivity contribution in [2.75, 3.05) is 24.2 Å². The Morgan fingerprint density at radius 3 is 2.43 bits per heavy atom. The van der Waals surface area contributed by atoms with Crippen molar-refractivity contribution in [1.29, 1.82) is 0 Å². The molecule has 0 aromatic heterocycles. The number of hydrazone groups is 1. The number of hydrogen-bond donors (Lipinski definition) is 1. The Bertz CT molecular complexity index is 994. The molecule has 0 radical (unpaired) electrons. The third-order valence-corrected chi connectivity index (χ3v) is 5.88. The predicted octanol–water partition coefficient (Wildman–Crippen LogP) is 3.26. The van der Waals surface area contributed by atoms with Gasteiger partial charge in [-0.3, -0.25) is 9.10 Å². The molecule has 2 aromatic carbocycles. The second-order valence-electron chi connectivity index (χ2n) is 5.83. The summed E-state index contributed by atoms with van der Waals surface area (Å²) in [6.45, 7) is 1.31. The SMILES string of the molecule is COc1ccc(N(CC(=O)N/N=C(/C)c2ccc(I)cc2)S(C)(=O)=O)cc1Cl. The minimum Gasteiger partial charge on any atom is -0.495 e. The van der Waals surface area contributed by atoms with E-state index in [0.717, 1.165) is 19.7 Å². The van der Waals surface area contributed by atoms with Crippen molar-refractivity contribution in [3.8, 4) is 5.75 Å². The lowest BCUT2D eigenvalue weighted by Crippen LogP contribution is -2.39. The molecule has 0 fully saturated rings. The number of nitrogens with zero attached hydrogens (tertiary/aromatic N) is 2. The van der Waals surface area contributed by atoms with Gasteiger partial charge in [0.15, 0.2) is 0 Å². The summed E-state index contributed by atoms with van der Waals surface area (Å²) in [6.07, 6.45) is 1.01. The molecule has 0 saturated carbocycles. The molecule has 0 atom stereocenters. The minimum absolute atomic E-state index is 0.238. The molecule has 0 aliphatic rings. The van der Waals surface area contributed by atoms with Crippen LogP contribution in [-0.4, -0.2) is 39.9 Å². The fourth-order valence-electron chi connectivity index (χ4n) is 2.28. The van der Waals surface area contributed by atoms with E-state index in [1.54, 1.807) is 6.92 Å². The first-order chi connectivity index (χ1) is 13.1. The molecule has 150 valence electrons. The third kappa shape index (κ3) is 6.08. The first-order valence-electron chi connectivity index (χ1n) is 8.02. The van der Waals surface area contributed by atoms with Crippen LogP contribution in [0.4, 0.5) is 5.69 Å². The van der Waals surface area contributed by atoms with Crippen LogP contribution in [0.3, 0.4) is 0 Å². The van der Waals surface area contributed by atoms with Crippen molar-refractivity contribution in [3.63, 3.8) is 0 Å². The molecule has 0 bridgehead atoms. The standard InChI is InChI=1S/C18H19ClIN3O4S/c1-12(13-4-6-14(20)7-5-13)21-22-18(24)11-23(28(3,25)26)15-8-9-17(27-2)16(19)10-15/h4-10H,11H2,1-3H3,(H,22,24)/b21-12-. The van der Waals surface area contributed by atoms with Crippen LogP contribution in [0.15, 0.2) is 47.6 Å². The van der Waals surface area contributed by atoms with Gasteiger partial charge in [-0.2, -0.15) is 5.10 Å². The van der Waals surface area contributed by atoms with Gasteiger partial charge in [0.05, 0.1) is 29.8 Å². The second kappa shape index (κ2) is 9.57. The molecule has 28 heavy (non-hydrogen) atoms. The molecule has 7 nitrogen and oxygen atoms in total. The molecule has 0 aliphatic heterocycles. The molecule has 2 aromatic rings. The predicted molar refractivity (Wildman–Crippen MR) is 120 cm³/mol. The van der Waals surface area contributed by atoms with E-state index in [2.05, 4.69) is 33.1 Å². The molecule has 2 rings (SSSR count). The summed E-state index contributed by atoms with van der Waals surface area (Å²) in [5, 5.41) is 4.28. The van der Waals surface area contributed by atoms with E-state index in [4.69, 9.17) is 16.3 Å². The molecule has 0 spiro atoms. The highest BCUT2D eigenvalue weighted by atomic mass is 127. The molecular formula is C18H19ClIN3O4S. The van der Waals surface area contributed by atoms with Gasteiger partial charge in [-0.15, -0.1) is 0 Å². The Labute approximate surface area is 182 Å².